The molecule has 0 N–H and O–H groups in total. The standard InChI is InChI=1S/C21H27NO2/c1-20(2,3)13-11-15-14(16(12-13)21(4,5)6)7-8-17(15)22-18(23)9-10-19(22)24/h9-12,17H,7-8H2,1-6H3/t17-/m0/s1. The molecule has 1 atom stereocenters. The first-order valence-corrected chi connectivity index (χ1v) is 8.73. The van der Waals surface area contributed by atoms with E-state index in [1.54, 1.807) is 0 Å². The molecule has 24 heavy (non-hydrogen) atoms. The number of imide groups is 1. The summed E-state index contributed by atoms with van der Waals surface area (Å²) in [5.41, 5.74) is 5.17. The van der Waals surface area contributed by atoms with Crippen molar-refractivity contribution in [2.45, 2.75) is 71.3 Å². The van der Waals surface area contributed by atoms with E-state index in [9.17, 15) is 9.59 Å². The number of amides is 2. The van der Waals surface area contributed by atoms with E-state index < -0.39 is 0 Å². The number of carbonyl (C=O) groups is 2. The molecule has 128 valence electrons. The highest BCUT2D eigenvalue weighted by Gasteiger charge is 2.38. The van der Waals surface area contributed by atoms with Crippen molar-refractivity contribution < 1.29 is 9.59 Å². The van der Waals surface area contributed by atoms with Crippen LogP contribution < -0.4 is 0 Å². The van der Waals surface area contributed by atoms with Gasteiger partial charge in [0.2, 0.25) is 0 Å². The molecule has 0 radical (unpaired) electrons. The normalized spacial score (nSPS) is 20.9. The Kier molecular flexibility index (Phi) is 3.74. The maximum Gasteiger partial charge on any atom is 0.254 e. The van der Waals surface area contributed by atoms with E-state index in [-0.39, 0.29) is 28.7 Å². The van der Waals surface area contributed by atoms with Gasteiger partial charge < -0.3 is 0 Å². The first kappa shape index (κ1) is 16.9. The van der Waals surface area contributed by atoms with Crippen molar-refractivity contribution in [2.75, 3.05) is 0 Å². The molecule has 0 bridgehead atoms. The minimum absolute atomic E-state index is 0.0272. The van der Waals surface area contributed by atoms with Crippen LogP contribution in [0.25, 0.3) is 0 Å². The Morgan fingerprint density at radius 2 is 1.50 bits per heavy atom. The van der Waals surface area contributed by atoms with Gasteiger partial charge in [0.05, 0.1) is 6.04 Å². The fourth-order valence-electron chi connectivity index (χ4n) is 3.80. The SMILES string of the molecule is CC(C)(C)c1cc2c(c(C(C)(C)C)c1)CC[C@@H]2N1C(=O)C=CC1=O. The van der Waals surface area contributed by atoms with Crippen LogP contribution in [0.1, 0.15) is 76.3 Å². The molecular weight excluding hydrogens is 298 g/mol. The lowest BCUT2D eigenvalue weighted by Crippen LogP contribution is -2.33. The molecule has 1 aliphatic carbocycles. The smallest absolute Gasteiger partial charge is 0.254 e. The van der Waals surface area contributed by atoms with Gasteiger partial charge in [-0.1, -0.05) is 53.7 Å². The maximum atomic E-state index is 12.2. The molecule has 2 amide bonds. The lowest BCUT2D eigenvalue weighted by molar-refractivity contribution is -0.139. The molecule has 1 aliphatic heterocycles. The Balaban J connectivity index is 2.17. The Hall–Kier alpha value is -1.90. The average molecular weight is 325 g/mol. The third-order valence-corrected chi connectivity index (χ3v) is 5.14. The molecule has 3 rings (SSSR count). The molecular formula is C21H27NO2. The summed E-state index contributed by atoms with van der Waals surface area (Å²) in [6.07, 6.45) is 4.52. The number of carbonyl (C=O) groups excluding carboxylic acids is 2. The summed E-state index contributed by atoms with van der Waals surface area (Å²) in [5, 5.41) is 0. The van der Waals surface area contributed by atoms with E-state index in [0.29, 0.717) is 0 Å². The van der Waals surface area contributed by atoms with E-state index in [4.69, 9.17) is 0 Å². The molecule has 2 aliphatic rings. The molecule has 0 spiro atoms. The van der Waals surface area contributed by atoms with Crippen LogP contribution in [0.15, 0.2) is 24.3 Å². The Bertz CT molecular complexity index is 726. The molecule has 1 aromatic rings. The number of fused-ring (bicyclic) bond motifs is 1. The van der Waals surface area contributed by atoms with E-state index >= 15 is 0 Å². The molecule has 3 heteroatoms. The minimum Gasteiger partial charge on any atom is -0.269 e. The molecule has 0 unspecified atom stereocenters. The van der Waals surface area contributed by atoms with Crippen LogP contribution in [0.2, 0.25) is 0 Å². The highest BCUT2D eigenvalue weighted by Crippen LogP contribution is 2.44. The Labute approximate surface area is 144 Å². The monoisotopic (exact) mass is 325 g/mol. The third-order valence-electron chi connectivity index (χ3n) is 5.14. The van der Waals surface area contributed by atoms with Gasteiger partial charge in [0.25, 0.3) is 11.8 Å². The minimum atomic E-state index is -0.184. The molecule has 0 saturated heterocycles. The van der Waals surface area contributed by atoms with Crippen LogP contribution in [-0.4, -0.2) is 16.7 Å². The second-order valence-electron chi connectivity index (χ2n) is 9.03. The van der Waals surface area contributed by atoms with E-state index in [0.717, 1.165) is 18.4 Å². The molecule has 0 aromatic heterocycles. The van der Waals surface area contributed by atoms with Crippen molar-refractivity contribution in [3.63, 3.8) is 0 Å². The van der Waals surface area contributed by atoms with Gasteiger partial charge >= 0.3 is 0 Å². The number of benzene rings is 1. The van der Waals surface area contributed by atoms with Gasteiger partial charge in [-0.15, -0.1) is 0 Å². The number of hydrogen-bond donors (Lipinski definition) is 0. The second-order valence-corrected chi connectivity index (χ2v) is 9.03. The summed E-state index contributed by atoms with van der Waals surface area (Å²) in [4.78, 5) is 25.8. The highest BCUT2D eigenvalue weighted by atomic mass is 16.2. The number of rotatable bonds is 1. The molecule has 0 fully saturated rings. The molecule has 1 heterocycles. The zero-order chi connectivity index (χ0) is 17.9. The lowest BCUT2D eigenvalue weighted by atomic mass is 9.77. The van der Waals surface area contributed by atoms with Crippen molar-refractivity contribution in [3.8, 4) is 0 Å². The van der Waals surface area contributed by atoms with Crippen molar-refractivity contribution in [2.24, 2.45) is 0 Å². The fourth-order valence-corrected chi connectivity index (χ4v) is 3.80. The van der Waals surface area contributed by atoms with Gasteiger partial charge in [0.1, 0.15) is 0 Å². The lowest BCUT2D eigenvalue weighted by Gasteiger charge is -2.30. The predicted octanol–water partition coefficient (Wildman–Crippen LogP) is 4.19. The van der Waals surface area contributed by atoms with Gasteiger partial charge in [-0.3, -0.25) is 14.5 Å². The summed E-state index contributed by atoms with van der Waals surface area (Å²) < 4.78 is 0. The average Bonchev–Trinajstić information content (AvgIpc) is 2.99. The summed E-state index contributed by atoms with van der Waals surface area (Å²) in [6.45, 7) is 13.3. The summed E-state index contributed by atoms with van der Waals surface area (Å²) in [6, 6.07) is 4.42. The third kappa shape index (κ3) is 2.70. The fraction of sp³-hybridized carbons (Fsp3) is 0.524. The van der Waals surface area contributed by atoms with Crippen molar-refractivity contribution >= 4 is 11.8 Å². The largest absolute Gasteiger partial charge is 0.269 e. The van der Waals surface area contributed by atoms with Crippen LogP contribution in [0.3, 0.4) is 0 Å². The number of nitrogens with zero attached hydrogens (tertiary/aromatic N) is 1. The van der Waals surface area contributed by atoms with Crippen LogP contribution in [0.5, 0.6) is 0 Å². The van der Waals surface area contributed by atoms with Gasteiger partial charge in [-0.25, -0.2) is 0 Å². The van der Waals surface area contributed by atoms with Gasteiger partial charge in [-0.2, -0.15) is 0 Å². The maximum absolute atomic E-state index is 12.2. The molecule has 1 aromatic carbocycles. The van der Waals surface area contributed by atoms with Gasteiger partial charge in [-0.05, 0) is 45.9 Å². The van der Waals surface area contributed by atoms with E-state index in [1.165, 1.54) is 33.7 Å². The van der Waals surface area contributed by atoms with Crippen LogP contribution in [-0.2, 0) is 26.8 Å². The van der Waals surface area contributed by atoms with Gasteiger partial charge in [0, 0.05) is 12.2 Å². The van der Waals surface area contributed by atoms with E-state index in [2.05, 4.69) is 53.7 Å². The topological polar surface area (TPSA) is 37.4 Å². The Morgan fingerprint density at radius 3 is 2.00 bits per heavy atom. The molecule has 0 saturated carbocycles. The van der Waals surface area contributed by atoms with Crippen molar-refractivity contribution in [1.82, 2.24) is 4.90 Å². The van der Waals surface area contributed by atoms with Gasteiger partial charge in [0.15, 0.2) is 0 Å². The van der Waals surface area contributed by atoms with Crippen molar-refractivity contribution in [3.05, 3.63) is 46.5 Å². The van der Waals surface area contributed by atoms with Crippen molar-refractivity contribution in [1.29, 1.82) is 0 Å². The second kappa shape index (κ2) is 5.30. The first-order valence-electron chi connectivity index (χ1n) is 8.73. The van der Waals surface area contributed by atoms with Crippen LogP contribution in [0.4, 0.5) is 0 Å². The summed E-state index contributed by atoms with van der Waals surface area (Å²) in [5.74, 6) is -0.368. The van der Waals surface area contributed by atoms with E-state index in [1.807, 2.05) is 0 Å². The number of hydrogen-bond acceptors (Lipinski definition) is 2. The van der Waals surface area contributed by atoms with Crippen LogP contribution in [0, 0.1) is 0 Å². The molecule has 3 nitrogen and oxygen atoms in total. The predicted molar refractivity (Wildman–Crippen MR) is 95.9 cm³/mol. The Morgan fingerprint density at radius 1 is 0.917 bits per heavy atom. The zero-order valence-electron chi connectivity index (χ0n) is 15.6. The first-order chi connectivity index (χ1) is 11.0. The van der Waals surface area contributed by atoms with Crippen LogP contribution >= 0.6 is 0 Å². The zero-order valence-corrected chi connectivity index (χ0v) is 15.6. The highest BCUT2D eigenvalue weighted by molar-refractivity contribution is 6.13. The summed E-state index contributed by atoms with van der Waals surface area (Å²) in [7, 11) is 0. The quantitative estimate of drug-likeness (QED) is 0.726. The summed E-state index contributed by atoms with van der Waals surface area (Å²) >= 11 is 0.